The van der Waals surface area contributed by atoms with Crippen molar-refractivity contribution in [1.29, 1.82) is 5.41 Å². The van der Waals surface area contributed by atoms with E-state index in [2.05, 4.69) is 41.4 Å². The molecule has 3 N–H and O–H groups in total. The van der Waals surface area contributed by atoms with Gasteiger partial charge in [-0.25, -0.2) is 0 Å². The molecule has 5 heteroatoms. The highest BCUT2D eigenvalue weighted by molar-refractivity contribution is 7.09. The highest BCUT2D eigenvalue weighted by Crippen LogP contribution is 2.15. The smallest absolute Gasteiger partial charge is 0.141 e. The van der Waals surface area contributed by atoms with Gasteiger partial charge in [0.15, 0.2) is 0 Å². The number of nitrogens with zero attached hydrogens (tertiary/aromatic N) is 2. The zero-order valence-electron chi connectivity index (χ0n) is 11.8. The van der Waals surface area contributed by atoms with Gasteiger partial charge in [-0.1, -0.05) is 6.07 Å². The molecule has 0 spiro atoms. The van der Waals surface area contributed by atoms with E-state index in [1.807, 2.05) is 12.1 Å². The summed E-state index contributed by atoms with van der Waals surface area (Å²) in [6.07, 6.45) is 2.77. The zero-order valence-corrected chi connectivity index (χ0v) is 12.7. The Kier molecular flexibility index (Phi) is 4.87. The molecule has 2 aromatic heterocycles. The summed E-state index contributed by atoms with van der Waals surface area (Å²) >= 11 is 1.80. The van der Waals surface area contributed by atoms with Gasteiger partial charge in [-0.2, -0.15) is 0 Å². The largest absolute Gasteiger partial charge is 0.382 e. The number of nitrogen functional groups attached to an aromatic ring is 1. The van der Waals surface area contributed by atoms with Crippen molar-refractivity contribution in [3.8, 4) is 0 Å². The van der Waals surface area contributed by atoms with Gasteiger partial charge in [-0.05, 0) is 49.5 Å². The van der Waals surface area contributed by atoms with Gasteiger partial charge in [0.2, 0.25) is 0 Å². The molecule has 1 atom stereocenters. The lowest BCUT2D eigenvalue weighted by Gasteiger charge is -2.24. The summed E-state index contributed by atoms with van der Waals surface area (Å²) < 4.78 is 0. The maximum absolute atomic E-state index is 7.43. The monoisotopic (exact) mass is 288 g/mol. The number of likely N-dealkylation sites (N-methyl/N-ethyl adjacent to an activating group) is 1. The SMILES string of the molecule is CC(Cc1cccs1)N(C)Cc1ccnc(C(=N)N)c1. The van der Waals surface area contributed by atoms with Crippen LogP contribution in [0, 0.1) is 5.41 Å². The molecule has 2 heterocycles. The molecule has 0 radical (unpaired) electrons. The number of hydrogen-bond donors (Lipinski definition) is 2. The molecule has 1 unspecified atom stereocenters. The Morgan fingerprint density at radius 1 is 1.50 bits per heavy atom. The number of amidine groups is 1. The van der Waals surface area contributed by atoms with Crippen molar-refractivity contribution in [2.45, 2.75) is 25.9 Å². The lowest BCUT2D eigenvalue weighted by atomic mass is 10.1. The van der Waals surface area contributed by atoms with Crippen molar-refractivity contribution in [1.82, 2.24) is 9.88 Å². The lowest BCUT2D eigenvalue weighted by Crippen LogP contribution is -2.30. The zero-order chi connectivity index (χ0) is 14.5. The second-order valence-electron chi connectivity index (χ2n) is 5.01. The minimum Gasteiger partial charge on any atom is -0.382 e. The quantitative estimate of drug-likeness (QED) is 0.634. The predicted octanol–water partition coefficient (Wildman–Crippen LogP) is 2.49. The number of rotatable bonds is 6. The van der Waals surface area contributed by atoms with Crippen LogP contribution in [0.25, 0.3) is 0 Å². The van der Waals surface area contributed by atoms with E-state index in [0.717, 1.165) is 18.5 Å². The van der Waals surface area contributed by atoms with Gasteiger partial charge in [0.05, 0.1) is 0 Å². The van der Waals surface area contributed by atoms with E-state index in [1.165, 1.54) is 4.88 Å². The summed E-state index contributed by atoms with van der Waals surface area (Å²) in [6, 6.07) is 8.59. The molecule has 0 saturated heterocycles. The summed E-state index contributed by atoms with van der Waals surface area (Å²) in [5.41, 5.74) is 7.15. The molecule has 0 bridgehead atoms. The molecular formula is C15H20N4S. The van der Waals surface area contributed by atoms with Gasteiger partial charge in [0.25, 0.3) is 0 Å². The molecule has 0 saturated carbocycles. The maximum atomic E-state index is 7.43. The number of pyridine rings is 1. The molecular weight excluding hydrogens is 268 g/mol. The van der Waals surface area contributed by atoms with Gasteiger partial charge in [-0.3, -0.25) is 15.3 Å². The van der Waals surface area contributed by atoms with Crippen LogP contribution in [0.4, 0.5) is 0 Å². The normalized spacial score (nSPS) is 12.6. The van der Waals surface area contributed by atoms with Crippen molar-refractivity contribution in [3.63, 3.8) is 0 Å². The fraction of sp³-hybridized carbons (Fsp3) is 0.333. The Morgan fingerprint density at radius 2 is 2.30 bits per heavy atom. The van der Waals surface area contributed by atoms with Crippen LogP contribution >= 0.6 is 11.3 Å². The third kappa shape index (κ3) is 3.88. The number of nitrogens with one attached hydrogen (secondary N) is 1. The fourth-order valence-corrected chi connectivity index (χ4v) is 2.87. The third-order valence-electron chi connectivity index (χ3n) is 3.36. The van der Waals surface area contributed by atoms with E-state index in [-0.39, 0.29) is 5.84 Å². The highest BCUT2D eigenvalue weighted by Gasteiger charge is 2.11. The van der Waals surface area contributed by atoms with Crippen LogP contribution in [0.3, 0.4) is 0 Å². The number of aromatic nitrogens is 1. The van der Waals surface area contributed by atoms with Crippen molar-refractivity contribution in [3.05, 3.63) is 52.0 Å². The first-order valence-corrected chi connectivity index (χ1v) is 7.46. The minimum atomic E-state index is 0.0149. The first-order chi connectivity index (χ1) is 9.56. The standard InChI is InChI=1S/C15H20N4S/c1-11(8-13-4-3-7-20-13)19(2)10-12-5-6-18-14(9-12)15(16)17/h3-7,9,11H,8,10H2,1-2H3,(H3,16,17). The number of nitrogens with two attached hydrogens (primary N) is 1. The first kappa shape index (κ1) is 14.7. The van der Waals surface area contributed by atoms with Crippen molar-refractivity contribution in [2.75, 3.05) is 7.05 Å². The van der Waals surface area contributed by atoms with E-state index in [1.54, 1.807) is 17.5 Å². The third-order valence-corrected chi connectivity index (χ3v) is 4.26. The Bertz CT molecular complexity index is 565. The van der Waals surface area contributed by atoms with E-state index < -0.39 is 0 Å². The van der Waals surface area contributed by atoms with E-state index in [9.17, 15) is 0 Å². The van der Waals surface area contributed by atoms with Crippen molar-refractivity contribution in [2.24, 2.45) is 5.73 Å². The average Bonchev–Trinajstić information content (AvgIpc) is 2.91. The van der Waals surface area contributed by atoms with E-state index in [0.29, 0.717) is 11.7 Å². The van der Waals surface area contributed by atoms with Crippen LogP contribution in [0.5, 0.6) is 0 Å². The molecule has 2 aromatic rings. The van der Waals surface area contributed by atoms with Crippen LogP contribution in [-0.2, 0) is 13.0 Å². The average molecular weight is 288 g/mol. The first-order valence-electron chi connectivity index (χ1n) is 6.58. The Labute approximate surface area is 123 Å². The summed E-state index contributed by atoms with van der Waals surface area (Å²) in [5.74, 6) is 0.0149. The summed E-state index contributed by atoms with van der Waals surface area (Å²) in [6.45, 7) is 3.06. The van der Waals surface area contributed by atoms with Gasteiger partial charge >= 0.3 is 0 Å². The fourth-order valence-electron chi connectivity index (χ4n) is 2.04. The number of thiophene rings is 1. The van der Waals surface area contributed by atoms with Crippen LogP contribution in [0.2, 0.25) is 0 Å². The van der Waals surface area contributed by atoms with Gasteiger partial charge in [-0.15, -0.1) is 11.3 Å². The van der Waals surface area contributed by atoms with Gasteiger partial charge < -0.3 is 5.73 Å². The predicted molar refractivity (Wildman–Crippen MR) is 84.2 cm³/mol. The summed E-state index contributed by atoms with van der Waals surface area (Å²) in [5, 5.41) is 9.55. The number of hydrogen-bond acceptors (Lipinski definition) is 4. The molecule has 106 valence electrons. The topological polar surface area (TPSA) is 66.0 Å². The molecule has 0 fully saturated rings. The summed E-state index contributed by atoms with van der Waals surface area (Å²) in [4.78, 5) is 7.80. The Hall–Kier alpha value is -1.72. The molecule has 4 nitrogen and oxygen atoms in total. The van der Waals surface area contributed by atoms with Crippen molar-refractivity contribution >= 4 is 17.2 Å². The Morgan fingerprint density at radius 3 is 2.95 bits per heavy atom. The summed E-state index contributed by atoms with van der Waals surface area (Å²) in [7, 11) is 2.12. The maximum Gasteiger partial charge on any atom is 0.141 e. The van der Waals surface area contributed by atoms with Gasteiger partial charge in [0.1, 0.15) is 11.5 Å². The van der Waals surface area contributed by atoms with E-state index >= 15 is 0 Å². The molecule has 0 aliphatic heterocycles. The molecule has 0 aliphatic rings. The molecule has 0 aromatic carbocycles. The van der Waals surface area contributed by atoms with Crippen LogP contribution in [-0.4, -0.2) is 28.8 Å². The highest BCUT2D eigenvalue weighted by atomic mass is 32.1. The van der Waals surface area contributed by atoms with Crippen molar-refractivity contribution < 1.29 is 0 Å². The Balaban J connectivity index is 1.98. The minimum absolute atomic E-state index is 0.0149. The molecule has 2 rings (SSSR count). The molecule has 0 amide bonds. The van der Waals surface area contributed by atoms with Crippen LogP contribution in [0.1, 0.15) is 23.1 Å². The second-order valence-corrected chi connectivity index (χ2v) is 6.04. The van der Waals surface area contributed by atoms with E-state index in [4.69, 9.17) is 11.1 Å². The van der Waals surface area contributed by atoms with Gasteiger partial charge in [0, 0.05) is 23.7 Å². The molecule has 20 heavy (non-hydrogen) atoms. The van der Waals surface area contributed by atoms with Crippen LogP contribution < -0.4 is 5.73 Å². The lowest BCUT2D eigenvalue weighted by molar-refractivity contribution is 0.249. The second kappa shape index (κ2) is 6.63. The van der Waals surface area contributed by atoms with Crippen LogP contribution in [0.15, 0.2) is 35.8 Å². The molecule has 0 aliphatic carbocycles.